The topological polar surface area (TPSA) is 96.0 Å². The molecule has 0 saturated carbocycles. The Balaban J connectivity index is 1.96. The largest absolute Gasteiger partial charge is 0.365 e. The number of amides is 1. The molecule has 3 rings (SSSR count). The first-order valence-corrected chi connectivity index (χ1v) is 7.33. The number of hydrogen-bond acceptors (Lipinski definition) is 5. The van der Waals surface area contributed by atoms with E-state index in [9.17, 15) is 20.0 Å². The number of carbonyl (C=O) groups excluding carboxylic acids is 1. The standard InChI is InChI=1S/C17H15N3O4/c1-12-11-17(22,14-5-3-2-4-6-14)19(18-12)16(21)13-7-9-15(10-8-13)20(23)24/h2-10,22H,11H2,1H3/t17-/m0/s1. The van der Waals surface area contributed by atoms with Crippen LogP contribution in [-0.2, 0) is 5.72 Å². The molecule has 0 saturated heterocycles. The third kappa shape index (κ3) is 2.65. The SMILES string of the molecule is CC1=NN(C(=O)c2ccc([N+](=O)[O-])cc2)[C@@](O)(c2ccccc2)C1. The van der Waals surface area contributed by atoms with Crippen LogP contribution in [0.3, 0.4) is 0 Å². The molecule has 2 aromatic carbocycles. The molecule has 2 aromatic rings. The van der Waals surface area contributed by atoms with Crippen LogP contribution in [-0.4, -0.2) is 26.7 Å². The first-order chi connectivity index (χ1) is 11.4. The Morgan fingerprint density at radius 2 is 1.83 bits per heavy atom. The minimum Gasteiger partial charge on any atom is -0.365 e. The molecule has 0 aliphatic carbocycles. The number of carbonyl (C=O) groups is 1. The molecule has 0 fully saturated rings. The summed E-state index contributed by atoms with van der Waals surface area (Å²) in [5.41, 5.74) is -0.277. The lowest BCUT2D eigenvalue weighted by Crippen LogP contribution is -2.43. The molecule has 0 unspecified atom stereocenters. The highest BCUT2D eigenvalue weighted by atomic mass is 16.6. The van der Waals surface area contributed by atoms with Crippen molar-refractivity contribution in [2.75, 3.05) is 0 Å². The van der Waals surface area contributed by atoms with Crippen molar-refractivity contribution in [2.45, 2.75) is 19.1 Å². The van der Waals surface area contributed by atoms with E-state index in [1.807, 2.05) is 6.07 Å². The minimum atomic E-state index is -1.57. The summed E-state index contributed by atoms with van der Waals surface area (Å²) in [6, 6.07) is 14.0. The van der Waals surface area contributed by atoms with Crippen molar-refractivity contribution < 1.29 is 14.8 Å². The summed E-state index contributed by atoms with van der Waals surface area (Å²) in [7, 11) is 0. The molecule has 0 spiro atoms. The van der Waals surface area contributed by atoms with Crippen LogP contribution in [0.15, 0.2) is 59.7 Å². The Bertz CT molecular complexity index is 817. The van der Waals surface area contributed by atoms with Gasteiger partial charge in [-0.3, -0.25) is 14.9 Å². The van der Waals surface area contributed by atoms with Gasteiger partial charge in [0.25, 0.3) is 11.6 Å². The lowest BCUT2D eigenvalue weighted by atomic mass is 9.97. The third-order valence-corrected chi connectivity index (χ3v) is 3.88. The fourth-order valence-electron chi connectivity index (χ4n) is 2.71. The molecule has 1 aliphatic heterocycles. The van der Waals surface area contributed by atoms with Gasteiger partial charge in [-0.05, 0) is 19.1 Å². The van der Waals surface area contributed by atoms with Gasteiger partial charge >= 0.3 is 0 Å². The monoisotopic (exact) mass is 325 g/mol. The first kappa shape index (κ1) is 15.8. The van der Waals surface area contributed by atoms with E-state index in [1.54, 1.807) is 31.2 Å². The molecule has 1 aliphatic rings. The van der Waals surface area contributed by atoms with E-state index in [0.29, 0.717) is 11.3 Å². The molecule has 7 nitrogen and oxygen atoms in total. The molecular weight excluding hydrogens is 310 g/mol. The molecule has 122 valence electrons. The molecule has 1 heterocycles. The minimum absolute atomic E-state index is 0.106. The van der Waals surface area contributed by atoms with Crippen LogP contribution < -0.4 is 0 Å². The van der Waals surface area contributed by atoms with Gasteiger partial charge in [0.05, 0.1) is 4.92 Å². The number of hydrazone groups is 1. The molecular formula is C17H15N3O4. The zero-order chi connectivity index (χ0) is 17.3. The molecule has 1 atom stereocenters. The Morgan fingerprint density at radius 1 is 1.21 bits per heavy atom. The van der Waals surface area contributed by atoms with Gasteiger partial charge in [0.1, 0.15) is 0 Å². The highest BCUT2D eigenvalue weighted by molar-refractivity contribution is 5.98. The second-order valence-corrected chi connectivity index (χ2v) is 5.62. The number of hydrogen-bond donors (Lipinski definition) is 1. The van der Waals surface area contributed by atoms with E-state index in [4.69, 9.17) is 0 Å². The van der Waals surface area contributed by atoms with Crippen LogP contribution in [0.1, 0.15) is 29.3 Å². The number of non-ortho nitro benzene ring substituents is 1. The fourth-order valence-corrected chi connectivity index (χ4v) is 2.71. The number of rotatable bonds is 3. The summed E-state index contributed by atoms with van der Waals surface area (Å²) in [6.07, 6.45) is 0.204. The van der Waals surface area contributed by atoms with Crippen LogP contribution in [0.5, 0.6) is 0 Å². The van der Waals surface area contributed by atoms with Crippen molar-refractivity contribution in [3.63, 3.8) is 0 Å². The van der Waals surface area contributed by atoms with Gasteiger partial charge < -0.3 is 5.11 Å². The van der Waals surface area contributed by atoms with E-state index in [2.05, 4.69) is 5.10 Å². The predicted octanol–water partition coefficient (Wildman–Crippen LogP) is 2.66. The molecule has 24 heavy (non-hydrogen) atoms. The van der Waals surface area contributed by atoms with Crippen LogP contribution in [0.2, 0.25) is 0 Å². The van der Waals surface area contributed by atoms with Gasteiger partial charge in [-0.25, -0.2) is 0 Å². The summed E-state index contributed by atoms with van der Waals surface area (Å²) in [5, 5.41) is 27.0. The normalized spacial score (nSPS) is 19.9. The van der Waals surface area contributed by atoms with E-state index in [-0.39, 0.29) is 17.7 Å². The maximum Gasteiger partial charge on any atom is 0.276 e. The van der Waals surface area contributed by atoms with Crippen molar-refractivity contribution in [3.05, 3.63) is 75.8 Å². The Hall–Kier alpha value is -3.06. The lowest BCUT2D eigenvalue weighted by Gasteiger charge is -2.31. The average Bonchev–Trinajstić information content (AvgIpc) is 2.91. The highest BCUT2D eigenvalue weighted by Crippen LogP contribution is 2.36. The molecule has 0 aromatic heterocycles. The highest BCUT2D eigenvalue weighted by Gasteiger charge is 2.45. The smallest absolute Gasteiger partial charge is 0.276 e. The Kier molecular flexibility index (Phi) is 3.86. The van der Waals surface area contributed by atoms with Crippen LogP contribution in [0.25, 0.3) is 0 Å². The van der Waals surface area contributed by atoms with Gasteiger partial charge in [0.15, 0.2) is 5.72 Å². The number of nitro benzene ring substituents is 1. The van der Waals surface area contributed by atoms with Crippen molar-refractivity contribution in [3.8, 4) is 0 Å². The Morgan fingerprint density at radius 3 is 2.42 bits per heavy atom. The molecule has 1 amide bonds. The van der Waals surface area contributed by atoms with E-state index in [0.717, 1.165) is 5.01 Å². The molecule has 0 radical (unpaired) electrons. The van der Waals surface area contributed by atoms with Gasteiger partial charge in [-0.15, -0.1) is 0 Å². The number of aliphatic hydroxyl groups is 1. The van der Waals surface area contributed by atoms with E-state index in [1.165, 1.54) is 24.3 Å². The van der Waals surface area contributed by atoms with Crippen LogP contribution >= 0.6 is 0 Å². The second-order valence-electron chi connectivity index (χ2n) is 5.62. The van der Waals surface area contributed by atoms with Crippen molar-refractivity contribution in [2.24, 2.45) is 5.10 Å². The quantitative estimate of drug-likeness (QED) is 0.693. The van der Waals surface area contributed by atoms with Crippen LogP contribution in [0, 0.1) is 10.1 Å². The molecule has 1 N–H and O–H groups in total. The summed E-state index contributed by atoms with van der Waals surface area (Å²) >= 11 is 0. The van der Waals surface area contributed by atoms with Gasteiger partial charge in [0.2, 0.25) is 0 Å². The zero-order valence-electron chi connectivity index (χ0n) is 12.9. The van der Waals surface area contributed by atoms with Gasteiger partial charge in [-0.2, -0.15) is 10.1 Å². The fraction of sp³-hybridized carbons (Fsp3) is 0.176. The van der Waals surface area contributed by atoms with E-state index >= 15 is 0 Å². The first-order valence-electron chi connectivity index (χ1n) is 7.33. The number of nitrogens with zero attached hydrogens (tertiary/aromatic N) is 3. The summed E-state index contributed by atoms with van der Waals surface area (Å²) < 4.78 is 0. The second kappa shape index (κ2) is 5.86. The Labute approximate surface area is 138 Å². The van der Waals surface area contributed by atoms with E-state index < -0.39 is 16.6 Å². The summed E-state index contributed by atoms with van der Waals surface area (Å²) in [4.78, 5) is 22.9. The van der Waals surface area contributed by atoms with Crippen molar-refractivity contribution in [1.82, 2.24) is 5.01 Å². The third-order valence-electron chi connectivity index (χ3n) is 3.88. The number of nitro groups is 1. The summed E-state index contributed by atoms with van der Waals surface area (Å²) in [5.74, 6) is -0.520. The van der Waals surface area contributed by atoms with Crippen molar-refractivity contribution in [1.29, 1.82) is 0 Å². The maximum absolute atomic E-state index is 12.8. The summed E-state index contributed by atoms with van der Waals surface area (Å²) in [6.45, 7) is 1.73. The van der Waals surface area contributed by atoms with Crippen molar-refractivity contribution >= 4 is 17.3 Å². The molecule has 0 bridgehead atoms. The number of benzene rings is 2. The van der Waals surface area contributed by atoms with Crippen LogP contribution in [0.4, 0.5) is 5.69 Å². The maximum atomic E-state index is 12.8. The molecule has 7 heteroatoms. The van der Waals surface area contributed by atoms with Gasteiger partial charge in [-0.1, -0.05) is 30.3 Å². The predicted molar refractivity (Wildman–Crippen MR) is 87.3 cm³/mol. The lowest BCUT2D eigenvalue weighted by molar-refractivity contribution is -0.384. The average molecular weight is 325 g/mol. The zero-order valence-corrected chi connectivity index (χ0v) is 12.9. The van der Waals surface area contributed by atoms with Gasteiger partial charge in [0, 0.05) is 35.4 Å².